The first-order valence-electron chi connectivity index (χ1n) is 5.37. The van der Waals surface area contributed by atoms with Crippen LogP contribution < -0.4 is 5.32 Å². The zero-order chi connectivity index (χ0) is 13.0. The van der Waals surface area contributed by atoms with Crippen molar-refractivity contribution >= 4 is 11.5 Å². The number of hydrogen-bond donors (Lipinski definition) is 1. The van der Waals surface area contributed by atoms with Gasteiger partial charge in [0.1, 0.15) is 5.69 Å². The van der Waals surface area contributed by atoms with E-state index in [4.69, 9.17) is 6.42 Å². The first kappa shape index (κ1) is 13.0. The molecule has 0 fully saturated rings. The summed E-state index contributed by atoms with van der Waals surface area (Å²) in [5, 5.41) is 18.2. The Bertz CT molecular complexity index is 457. The molecule has 0 atom stereocenters. The predicted molar refractivity (Wildman–Crippen MR) is 65.9 cm³/mol. The summed E-state index contributed by atoms with van der Waals surface area (Å²) in [7, 11) is 1.68. The Kier molecular flexibility index (Phi) is 4.10. The third-order valence-corrected chi connectivity index (χ3v) is 2.34. The van der Waals surface area contributed by atoms with Gasteiger partial charge in [0.15, 0.2) is 0 Å². The van der Waals surface area contributed by atoms with E-state index in [-0.39, 0.29) is 11.6 Å². The van der Waals surface area contributed by atoms with Gasteiger partial charge in [-0.1, -0.05) is 13.8 Å². The van der Waals surface area contributed by atoms with Crippen molar-refractivity contribution in [2.75, 3.05) is 11.9 Å². The lowest BCUT2D eigenvalue weighted by atomic mass is 10.1. The molecule has 1 rings (SSSR count). The maximum absolute atomic E-state index is 11.1. The average molecular weight is 236 g/mol. The molecular weight excluding hydrogens is 220 g/mol. The van der Waals surface area contributed by atoms with Crippen molar-refractivity contribution in [1.82, 2.24) is 9.78 Å². The number of nitrogens with zero attached hydrogens (tertiary/aromatic N) is 3. The molecule has 92 valence electrons. The Balaban J connectivity index is 3.10. The van der Waals surface area contributed by atoms with E-state index in [0.717, 1.165) is 0 Å². The van der Waals surface area contributed by atoms with E-state index in [0.29, 0.717) is 24.5 Å². The quantitative estimate of drug-likeness (QED) is 0.366. The Labute approximate surface area is 100 Å². The summed E-state index contributed by atoms with van der Waals surface area (Å²) in [5.41, 5.74) is 0.528. The van der Waals surface area contributed by atoms with Crippen molar-refractivity contribution in [2.45, 2.75) is 26.2 Å². The fraction of sp³-hybridized carbons (Fsp3) is 0.545. The summed E-state index contributed by atoms with van der Waals surface area (Å²) in [6.07, 6.45) is 5.65. The van der Waals surface area contributed by atoms with Crippen molar-refractivity contribution in [1.29, 1.82) is 0 Å². The highest BCUT2D eigenvalue weighted by Gasteiger charge is 2.27. The topological polar surface area (TPSA) is 73.0 Å². The summed E-state index contributed by atoms with van der Waals surface area (Å²) < 4.78 is 1.49. The van der Waals surface area contributed by atoms with Crippen LogP contribution in [0.1, 0.15) is 31.9 Å². The molecule has 17 heavy (non-hydrogen) atoms. The highest BCUT2D eigenvalue weighted by atomic mass is 16.6. The monoisotopic (exact) mass is 236 g/mol. The molecule has 1 N–H and O–H groups in total. The van der Waals surface area contributed by atoms with Crippen LogP contribution in [0.4, 0.5) is 11.5 Å². The van der Waals surface area contributed by atoms with E-state index in [1.165, 1.54) is 4.68 Å². The van der Waals surface area contributed by atoms with Crippen LogP contribution in [-0.4, -0.2) is 21.2 Å². The van der Waals surface area contributed by atoms with Crippen LogP contribution in [-0.2, 0) is 7.05 Å². The maximum atomic E-state index is 11.1. The number of anilines is 1. The summed E-state index contributed by atoms with van der Waals surface area (Å²) in [4.78, 5) is 10.7. The van der Waals surface area contributed by atoms with Gasteiger partial charge in [0.25, 0.3) is 0 Å². The standard InChI is InChI=1S/C11H16N4O2/c1-5-6-7-12-11-10(15(16)17)9(8(2)3)13-14(11)4/h1,8,12H,6-7H2,2-4H3. The Hall–Kier alpha value is -2.03. The fourth-order valence-electron chi connectivity index (χ4n) is 1.55. The van der Waals surface area contributed by atoms with Crippen LogP contribution in [0.3, 0.4) is 0 Å². The first-order chi connectivity index (χ1) is 7.99. The molecular formula is C11H16N4O2. The van der Waals surface area contributed by atoms with Gasteiger partial charge in [-0.2, -0.15) is 5.10 Å². The fourth-order valence-corrected chi connectivity index (χ4v) is 1.55. The second-order valence-electron chi connectivity index (χ2n) is 4.00. The minimum absolute atomic E-state index is 0.00443. The van der Waals surface area contributed by atoms with Crippen molar-refractivity contribution < 1.29 is 4.92 Å². The molecule has 0 saturated carbocycles. The second-order valence-corrected chi connectivity index (χ2v) is 4.00. The highest BCUT2D eigenvalue weighted by Crippen LogP contribution is 2.32. The highest BCUT2D eigenvalue weighted by molar-refractivity contribution is 5.60. The van der Waals surface area contributed by atoms with Crippen LogP contribution in [0.15, 0.2) is 0 Å². The molecule has 6 nitrogen and oxygen atoms in total. The number of hydrogen-bond acceptors (Lipinski definition) is 4. The van der Waals surface area contributed by atoms with Gasteiger partial charge in [-0.3, -0.25) is 10.1 Å². The molecule has 0 aliphatic rings. The molecule has 0 aromatic carbocycles. The van der Waals surface area contributed by atoms with Gasteiger partial charge in [-0.05, 0) is 0 Å². The van der Waals surface area contributed by atoms with Crippen LogP contribution in [0.25, 0.3) is 0 Å². The summed E-state index contributed by atoms with van der Waals surface area (Å²) in [6, 6.07) is 0. The molecule has 6 heteroatoms. The molecule has 0 spiro atoms. The van der Waals surface area contributed by atoms with Gasteiger partial charge in [0.05, 0.1) is 4.92 Å². The molecule has 0 aliphatic heterocycles. The number of nitrogens with one attached hydrogen (secondary N) is 1. The molecule has 0 aliphatic carbocycles. The summed E-state index contributed by atoms with van der Waals surface area (Å²) in [6.45, 7) is 4.25. The Morgan fingerprint density at radius 2 is 2.29 bits per heavy atom. The number of aryl methyl sites for hydroxylation is 1. The zero-order valence-electron chi connectivity index (χ0n) is 10.2. The number of rotatable bonds is 5. The van der Waals surface area contributed by atoms with Gasteiger partial charge < -0.3 is 5.32 Å². The van der Waals surface area contributed by atoms with E-state index in [1.807, 2.05) is 13.8 Å². The van der Waals surface area contributed by atoms with E-state index in [2.05, 4.69) is 16.3 Å². The van der Waals surface area contributed by atoms with Crippen molar-refractivity contribution in [3.63, 3.8) is 0 Å². The lowest BCUT2D eigenvalue weighted by molar-refractivity contribution is -0.384. The summed E-state index contributed by atoms with van der Waals surface area (Å²) >= 11 is 0. The van der Waals surface area contributed by atoms with Crippen molar-refractivity contribution in [3.05, 3.63) is 15.8 Å². The third kappa shape index (κ3) is 2.75. The Morgan fingerprint density at radius 1 is 1.65 bits per heavy atom. The molecule has 1 aromatic heterocycles. The minimum atomic E-state index is -0.402. The van der Waals surface area contributed by atoms with E-state index in [1.54, 1.807) is 7.05 Å². The van der Waals surface area contributed by atoms with E-state index >= 15 is 0 Å². The van der Waals surface area contributed by atoms with Gasteiger partial charge in [-0.25, -0.2) is 4.68 Å². The molecule has 0 amide bonds. The smallest absolute Gasteiger partial charge is 0.334 e. The van der Waals surface area contributed by atoms with E-state index < -0.39 is 4.92 Å². The van der Waals surface area contributed by atoms with Gasteiger partial charge in [-0.15, -0.1) is 12.3 Å². The van der Waals surface area contributed by atoms with E-state index in [9.17, 15) is 10.1 Å². The van der Waals surface area contributed by atoms with Crippen LogP contribution in [0.2, 0.25) is 0 Å². The predicted octanol–water partition coefficient (Wildman–Crippen LogP) is 1.89. The minimum Gasteiger partial charge on any atom is -0.364 e. The second kappa shape index (κ2) is 5.34. The number of aromatic nitrogens is 2. The van der Waals surface area contributed by atoms with Gasteiger partial charge in [0, 0.05) is 25.9 Å². The molecule has 0 saturated heterocycles. The molecule has 0 bridgehead atoms. The van der Waals surface area contributed by atoms with Crippen LogP contribution in [0.5, 0.6) is 0 Å². The molecule has 0 unspecified atom stereocenters. The first-order valence-corrected chi connectivity index (χ1v) is 5.37. The van der Waals surface area contributed by atoms with Crippen molar-refractivity contribution in [2.24, 2.45) is 7.05 Å². The van der Waals surface area contributed by atoms with Crippen LogP contribution >= 0.6 is 0 Å². The number of terminal acetylenes is 1. The lowest BCUT2D eigenvalue weighted by Gasteiger charge is -2.03. The van der Waals surface area contributed by atoms with Gasteiger partial charge in [0.2, 0.25) is 5.82 Å². The summed E-state index contributed by atoms with van der Waals surface area (Å²) in [5.74, 6) is 2.89. The van der Waals surface area contributed by atoms with Crippen molar-refractivity contribution in [3.8, 4) is 12.3 Å². The largest absolute Gasteiger partial charge is 0.364 e. The van der Waals surface area contributed by atoms with Crippen LogP contribution in [0, 0.1) is 22.5 Å². The molecule has 0 radical (unpaired) electrons. The number of nitro groups is 1. The average Bonchev–Trinajstić information content (AvgIpc) is 2.57. The normalized spacial score (nSPS) is 10.3. The Morgan fingerprint density at radius 3 is 2.76 bits per heavy atom. The zero-order valence-corrected chi connectivity index (χ0v) is 10.2. The third-order valence-electron chi connectivity index (χ3n) is 2.34. The SMILES string of the molecule is C#CCCNc1c([N+](=O)[O-])c(C(C)C)nn1C. The molecule has 1 aromatic rings. The molecule has 1 heterocycles. The van der Waals surface area contributed by atoms with Gasteiger partial charge >= 0.3 is 5.69 Å². The maximum Gasteiger partial charge on any atom is 0.334 e. The lowest BCUT2D eigenvalue weighted by Crippen LogP contribution is -2.07.